The van der Waals surface area contributed by atoms with Crippen LogP contribution in [0.2, 0.25) is 0 Å². The van der Waals surface area contributed by atoms with Crippen LogP contribution in [0.15, 0.2) is 0 Å². The molecule has 0 saturated carbocycles. The molecule has 0 radical (unpaired) electrons. The minimum absolute atomic E-state index is 0.172. The van der Waals surface area contributed by atoms with E-state index >= 15 is 0 Å². The van der Waals surface area contributed by atoms with Crippen molar-refractivity contribution in [2.24, 2.45) is 5.92 Å². The predicted molar refractivity (Wildman–Crippen MR) is 80.2 cm³/mol. The van der Waals surface area contributed by atoms with E-state index in [2.05, 4.69) is 43.2 Å². The van der Waals surface area contributed by atoms with E-state index in [1.807, 2.05) is 0 Å². The molecule has 1 aliphatic heterocycles. The highest BCUT2D eigenvalue weighted by Crippen LogP contribution is 2.08. The minimum Gasteiger partial charge on any atom is -0.353 e. The minimum atomic E-state index is 0.172. The van der Waals surface area contributed by atoms with E-state index < -0.39 is 0 Å². The quantitative estimate of drug-likeness (QED) is 0.738. The summed E-state index contributed by atoms with van der Waals surface area (Å²) in [6.07, 6.45) is 3.53. The summed E-state index contributed by atoms with van der Waals surface area (Å²) >= 11 is 0. The highest BCUT2D eigenvalue weighted by Gasteiger charge is 2.18. The largest absolute Gasteiger partial charge is 0.353 e. The second-order valence-electron chi connectivity index (χ2n) is 6.38. The van der Waals surface area contributed by atoms with Crippen LogP contribution in [-0.2, 0) is 4.79 Å². The molecule has 1 unspecified atom stereocenters. The van der Waals surface area contributed by atoms with Gasteiger partial charge in [0.05, 0.1) is 6.54 Å². The lowest BCUT2D eigenvalue weighted by Gasteiger charge is -2.31. The Hall–Kier alpha value is -0.610. The monoisotopic (exact) mass is 269 g/mol. The van der Waals surface area contributed by atoms with Crippen molar-refractivity contribution in [3.05, 3.63) is 0 Å². The summed E-state index contributed by atoms with van der Waals surface area (Å²) in [5, 5.41) is 6.51. The number of nitrogens with one attached hydrogen (secondary N) is 2. The Balaban J connectivity index is 2.15. The fraction of sp³-hybridized carbons (Fsp3) is 0.933. The van der Waals surface area contributed by atoms with Gasteiger partial charge in [-0.2, -0.15) is 0 Å². The Morgan fingerprint density at radius 2 is 2.11 bits per heavy atom. The van der Waals surface area contributed by atoms with Crippen LogP contribution >= 0.6 is 0 Å². The molecule has 1 amide bonds. The lowest BCUT2D eigenvalue weighted by atomic mass is 10.0. The number of hydrogen-bond donors (Lipinski definition) is 2. The molecule has 0 aromatic rings. The van der Waals surface area contributed by atoms with Crippen LogP contribution in [0.4, 0.5) is 0 Å². The van der Waals surface area contributed by atoms with E-state index in [1.54, 1.807) is 0 Å². The third-order valence-corrected chi connectivity index (χ3v) is 3.65. The highest BCUT2D eigenvalue weighted by atomic mass is 16.2. The molecule has 4 heteroatoms. The first-order valence-electron chi connectivity index (χ1n) is 7.72. The molecule has 0 spiro atoms. The van der Waals surface area contributed by atoms with Crippen molar-refractivity contribution in [2.75, 3.05) is 26.2 Å². The summed E-state index contributed by atoms with van der Waals surface area (Å²) in [5.74, 6) is 0.927. The molecule has 0 aliphatic carbocycles. The highest BCUT2D eigenvalue weighted by molar-refractivity contribution is 5.78. The molecule has 19 heavy (non-hydrogen) atoms. The molecule has 4 nitrogen and oxygen atoms in total. The third-order valence-electron chi connectivity index (χ3n) is 3.65. The van der Waals surface area contributed by atoms with Gasteiger partial charge >= 0.3 is 0 Å². The number of hydrogen-bond acceptors (Lipinski definition) is 3. The molecule has 0 aromatic carbocycles. The number of rotatable bonds is 7. The second-order valence-corrected chi connectivity index (χ2v) is 6.38. The molecule has 1 rings (SSSR count). The molecule has 1 heterocycles. The topological polar surface area (TPSA) is 44.4 Å². The fourth-order valence-corrected chi connectivity index (χ4v) is 2.58. The van der Waals surface area contributed by atoms with Crippen LogP contribution in [0.1, 0.15) is 47.0 Å². The van der Waals surface area contributed by atoms with Gasteiger partial charge in [0, 0.05) is 31.7 Å². The molecular formula is C15H31N3O. The van der Waals surface area contributed by atoms with Crippen molar-refractivity contribution in [2.45, 2.75) is 59.0 Å². The number of amides is 1. The normalized spacial score (nSPS) is 22.5. The summed E-state index contributed by atoms with van der Waals surface area (Å²) in [4.78, 5) is 14.2. The lowest BCUT2D eigenvalue weighted by molar-refractivity contribution is -0.123. The summed E-state index contributed by atoms with van der Waals surface area (Å²) in [6, 6.07) is 0.789. The van der Waals surface area contributed by atoms with Crippen molar-refractivity contribution < 1.29 is 4.79 Å². The maximum absolute atomic E-state index is 12.0. The Morgan fingerprint density at radius 3 is 2.74 bits per heavy atom. The van der Waals surface area contributed by atoms with Crippen molar-refractivity contribution >= 4 is 5.91 Å². The van der Waals surface area contributed by atoms with Crippen molar-refractivity contribution in [1.82, 2.24) is 15.5 Å². The van der Waals surface area contributed by atoms with Gasteiger partial charge in [-0.1, -0.05) is 26.7 Å². The lowest BCUT2D eigenvalue weighted by Crippen LogP contribution is -2.52. The van der Waals surface area contributed by atoms with Gasteiger partial charge in [-0.05, 0) is 26.2 Å². The molecule has 2 N–H and O–H groups in total. The van der Waals surface area contributed by atoms with Gasteiger partial charge in [0.15, 0.2) is 0 Å². The molecule has 0 bridgehead atoms. The molecular weight excluding hydrogens is 238 g/mol. The maximum atomic E-state index is 12.0. The van der Waals surface area contributed by atoms with Crippen LogP contribution in [0.3, 0.4) is 0 Å². The zero-order chi connectivity index (χ0) is 14.3. The van der Waals surface area contributed by atoms with Crippen LogP contribution < -0.4 is 10.6 Å². The first-order valence-corrected chi connectivity index (χ1v) is 7.72. The molecule has 1 fully saturated rings. The van der Waals surface area contributed by atoms with Crippen LogP contribution in [0, 0.1) is 5.92 Å². The average Bonchev–Trinajstić information content (AvgIpc) is 2.27. The zero-order valence-electron chi connectivity index (χ0n) is 13.0. The number of carbonyl (C=O) groups excluding carboxylic acids is 1. The smallest absolute Gasteiger partial charge is 0.234 e. The number of carbonyl (C=O) groups is 1. The van der Waals surface area contributed by atoms with Gasteiger partial charge in [0.2, 0.25) is 5.91 Å². The molecule has 1 aliphatic rings. The van der Waals surface area contributed by atoms with E-state index in [-0.39, 0.29) is 5.91 Å². The van der Waals surface area contributed by atoms with Gasteiger partial charge in [0.25, 0.3) is 0 Å². The number of nitrogens with zero attached hydrogens (tertiary/aromatic N) is 1. The number of piperazine rings is 1. The van der Waals surface area contributed by atoms with Crippen molar-refractivity contribution in [1.29, 1.82) is 0 Å². The van der Waals surface area contributed by atoms with E-state index in [0.717, 1.165) is 32.0 Å². The van der Waals surface area contributed by atoms with Crippen LogP contribution in [0.5, 0.6) is 0 Å². The second kappa shape index (κ2) is 8.54. The van der Waals surface area contributed by atoms with E-state index in [9.17, 15) is 4.79 Å². The van der Waals surface area contributed by atoms with E-state index in [4.69, 9.17) is 0 Å². The summed E-state index contributed by atoms with van der Waals surface area (Å²) in [5.41, 5.74) is 0. The third kappa shape index (κ3) is 7.53. The van der Waals surface area contributed by atoms with Crippen molar-refractivity contribution in [3.8, 4) is 0 Å². The Bertz CT molecular complexity index is 268. The Labute approximate surface area is 118 Å². The Morgan fingerprint density at radius 1 is 1.37 bits per heavy atom. The van der Waals surface area contributed by atoms with Gasteiger partial charge in [-0.15, -0.1) is 0 Å². The maximum Gasteiger partial charge on any atom is 0.234 e. The van der Waals surface area contributed by atoms with E-state index in [0.29, 0.717) is 18.6 Å². The van der Waals surface area contributed by atoms with E-state index in [1.165, 1.54) is 12.8 Å². The molecule has 2 atom stereocenters. The molecule has 0 aromatic heterocycles. The van der Waals surface area contributed by atoms with Gasteiger partial charge in [-0.25, -0.2) is 0 Å². The summed E-state index contributed by atoms with van der Waals surface area (Å²) in [6.45, 7) is 12.2. The predicted octanol–water partition coefficient (Wildman–Crippen LogP) is 1.61. The molecule has 112 valence electrons. The van der Waals surface area contributed by atoms with Gasteiger partial charge < -0.3 is 10.6 Å². The fourth-order valence-electron chi connectivity index (χ4n) is 2.58. The van der Waals surface area contributed by atoms with Crippen molar-refractivity contribution in [3.63, 3.8) is 0 Å². The first kappa shape index (κ1) is 16.4. The van der Waals surface area contributed by atoms with Crippen LogP contribution in [0.25, 0.3) is 0 Å². The average molecular weight is 269 g/mol. The SMILES string of the molecule is CC(C)CCCC(C)NC(=O)CN1CCN[C@@H](C)C1. The Kier molecular flexibility index (Phi) is 7.39. The summed E-state index contributed by atoms with van der Waals surface area (Å²) in [7, 11) is 0. The van der Waals surface area contributed by atoms with Gasteiger partial charge in [0.1, 0.15) is 0 Å². The standard InChI is InChI=1S/C15H31N3O/c1-12(2)6-5-7-13(3)17-15(19)11-18-9-8-16-14(4)10-18/h12-14,16H,5-11H2,1-4H3,(H,17,19)/t13?,14-/m0/s1. The first-order chi connectivity index (χ1) is 8.97. The summed E-state index contributed by atoms with van der Waals surface area (Å²) < 4.78 is 0. The zero-order valence-corrected chi connectivity index (χ0v) is 13.0. The van der Waals surface area contributed by atoms with Gasteiger partial charge in [-0.3, -0.25) is 9.69 Å². The van der Waals surface area contributed by atoms with Crippen LogP contribution in [-0.4, -0.2) is 49.1 Å². The molecule has 1 saturated heterocycles.